The number of halogens is 1. The quantitative estimate of drug-likeness (QED) is 0.754. The second kappa shape index (κ2) is 7.18. The number of nitrogens with one attached hydrogen (secondary N) is 3. The smallest absolute Gasteiger partial charge is 0.252 e. The van der Waals surface area contributed by atoms with E-state index in [9.17, 15) is 9.59 Å². The van der Waals surface area contributed by atoms with Gasteiger partial charge in [0.25, 0.3) is 5.91 Å². The molecule has 1 amide bonds. The van der Waals surface area contributed by atoms with Crippen molar-refractivity contribution in [3.05, 3.63) is 34.2 Å². The Labute approximate surface area is 112 Å². The molecule has 0 aromatic carbocycles. The zero-order valence-corrected chi connectivity index (χ0v) is 10.9. The van der Waals surface area contributed by atoms with Crippen molar-refractivity contribution < 1.29 is 4.79 Å². The third-order valence-corrected chi connectivity index (χ3v) is 2.99. The predicted octanol–water partition coefficient (Wildman–Crippen LogP) is 0.669. The maximum absolute atomic E-state index is 11.7. The van der Waals surface area contributed by atoms with E-state index < -0.39 is 0 Å². The van der Waals surface area contributed by atoms with Gasteiger partial charge in [0.1, 0.15) is 0 Å². The summed E-state index contributed by atoms with van der Waals surface area (Å²) in [4.78, 5) is 25.0. The van der Waals surface area contributed by atoms with Crippen molar-refractivity contribution in [2.45, 2.75) is 25.3 Å². The molecule has 1 saturated heterocycles. The summed E-state index contributed by atoms with van der Waals surface area (Å²) in [6.45, 7) is 1.74. The van der Waals surface area contributed by atoms with E-state index in [1.807, 2.05) is 0 Å². The monoisotopic (exact) mass is 271 g/mol. The van der Waals surface area contributed by atoms with Gasteiger partial charge in [-0.3, -0.25) is 9.59 Å². The molecule has 0 saturated carbocycles. The van der Waals surface area contributed by atoms with Gasteiger partial charge in [-0.25, -0.2) is 0 Å². The predicted molar refractivity (Wildman–Crippen MR) is 72.3 cm³/mol. The van der Waals surface area contributed by atoms with Crippen molar-refractivity contribution in [3.8, 4) is 0 Å². The number of carbonyl (C=O) groups is 1. The molecule has 2 heterocycles. The number of rotatable bonds is 4. The van der Waals surface area contributed by atoms with Crippen molar-refractivity contribution in [1.29, 1.82) is 0 Å². The fourth-order valence-corrected chi connectivity index (χ4v) is 2.02. The van der Waals surface area contributed by atoms with Crippen LogP contribution in [-0.4, -0.2) is 30.0 Å². The molecule has 0 unspecified atom stereocenters. The van der Waals surface area contributed by atoms with Crippen LogP contribution in [-0.2, 0) is 0 Å². The molecule has 100 valence electrons. The summed E-state index contributed by atoms with van der Waals surface area (Å²) in [6.07, 6.45) is 4.80. The zero-order valence-electron chi connectivity index (χ0n) is 10.1. The van der Waals surface area contributed by atoms with Gasteiger partial charge in [0, 0.05) is 24.8 Å². The van der Waals surface area contributed by atoms with E-state index in [1.54, 1.807) is 0 Å². The third-order valence-electron chi connectivity index (χ3n) is 2.99. The van der Waals surface area contributed by atoms with Crippen molar-refractivity contribution in [3.63, 3.8) is 0 Å². The van der Waals surface area contributed by atoms with Gasteiger partial charge in [-0.1, -0.05) is 0 Å². The Balaban J connectivity index is 0.00000162. The normalized spacial score (nSPS) is 18.1. The van der Waals surface area contributed by atoms with Gasteiger partial charge in [-0.15, -0.1) is 12.4 Å². The number of aromatic amines is 1. The van der Waals surface area contributed by atoms with Gasteiger partial charge in [0.15, 0.2) is 0 Å². The van der Waals surface area contributed by atoms with Crippen molar-refractivity contribution in [1.82, 2.24) is 15.6 Å². The van der Waals surface area contributed by atoms with Crippen LogP contribution in [0.5, 0.6) is 0 Å². The summed E-state index contributed by atoms with van der Waals surface area (Å²) in [5.74, 6) is -0.140. The van der Waals surface area contributed by atoms with Crippen LogP contribution >= 0.6 is 12.4 Å². The number of aromatic nitrogens is 1. The summed E-state index contributed by atoms with van der Waals surface area (Å²) >= 11 is 0. The lowest BCUT2D eigenvalue weighted by Crippen LogP contribution is -2.30. The number of H-pyrrole nitrogens is 1. The summed E-state index contributed by atoms with van der Waals surface area (Å²) in [5, 5.41) is 6.22. The molecule has 18 heavy (non-hydrogen) atoms. The van der Waals surface area contributed by atoms with Gasteiger partial charge >= 0.3 is 0 Å². The minimum atomic E-state index is -0.197. The van der Waals surface area contributed by atoms with E-state index >= 15 is 0 Å². The van der Waals surface area contributed by atoms with Crippen molar-refractivity contribution >= 4 is 18.3 Å². The molecule has 0 radical (unpaired) electrons. The Morgan fingerprint density at radius 1 is 1.44 bits per heavy atom. The highest BCUT2D eigenvalue weighted by Crippen LogP contribution is 2.07. The Bertz CT molecular complexity index is 421. The highest BCUT2D eigenvalue weighted by atomic mass is 35.5. The van der Waals surface area contributed by atoms with Gasteiger partial charge in [0.2, 0.25) is 5.56 Å². The van der Waals surface area contributed by atoms with Crippen LogP contribution < -0.4 is 16.2 Å². The Kier molecular flexibility index (Phi) is 5.88. The van der Waals surface area contributed by atoms with Gasteiger partial charge < -0.3 is 15.6 Å². The highest BCUT2D eigenvalue weighted by Gasteiger charge is 2.13. The lowest BCUT2D eigenvalue weighted by atomic mass is 10.1. The lowest BCUT2D eigenvalue weighted by molar-refractivity contribution is 0.0952. The summed E-state index contributed by atoms with van der Waals surface area (Å²) in [7, 11) is 0. The SMILES string of the molecule is Cl.O=C(NCC[C@H]1CCCN1)c1ccc(=O)[nH]c1. The van der Waals surface area contributed by atoms with Gasteiger partial charge in [0.05, 0.1) is 5.56 Å². The number of hydrogen-bond acceptors (Lipinski definition) is 3. The molecule has 1 aromatic rings. The maximum Gasteiger partial charge on any atom is 0.252 e. The Morgan fingerprint density at radius 2 is 2.28 bits per heavy atom. The van der Waals surface area contributed by atoms with Crippen LogP contribution in [0.1, 0.15) is 29.6 Å². The summed E-state index contributed by atoms with van der Waals surface area (Å²) in [6, 6.07) is 3.42. The van der Waals surface area contributed by atoms with Crippen LogP contribution in [0.2, 0.25) is 0 Å². The molecule has 1 aliphatic heterocycles. The third kappa shape index (κ3) is 4.16. The first-order valence-electron chi connectivity index (χ1n) is 5.96. The second-order valence-electron chi connectivity index (χ2n) is 4.28. The fraction of sp³-hybridized carbons (Fsp3) is 0.500. The van der Waals surface area contributed by atoms with E-state index in [0.717, 1.165) is 13.0 Å². The minimum Gasteiger partial charge on any atom is -0.352 e. The molecule has 3 N–H and O–H groups in total. The van der Waals surface area contributed by atoms with Crippen LogP contribution in [0, 0.1) is 0 Å². The first kappa shape index (κ1) is 14.7. The molecule has 1 aliphatic rings. The first-order valence-corrected chi connectivity index (χ1v) is 5.96. The van der Waals surface area contributed by atoms with E-state index in [4.69, 9.17) is 0 Å². The molecule has 0 spiro atoms. The maximum atomic E-state index is 11.7. The molecular formula is C12H18ClN3O2. The largest absolute Gasteiger partial charge is 0.352 e. The van der Waals surface area contributed by atoms with E-state index in [1.165, 1.54) is 31.2 Å². The molecule has 1 atom stereocenters. The van der Waals surface area contributed by atoms with Crippen molar-refractivity contribution in [2.75, 3.05) is 13.1 Å². The molecule has 2 rings (SSSR count). The molecule has 1 fully saturated rings. The van der Waals surface area contributed by atoms with Gasteiger partial charge in [-0.2, -0.15) is 0 Å². The van der Waals surface area contributed by atoms with Crippen molar-refractivity contribution in [2.24, 2.45) is 0 Å². The van der Waals surface area contributed by atoms with Gasteiger partial charge in [-0.05, 0) is 31.9 Å². The number of pyridine rings is 1. The van der Waals surface area contributed by atoms with Crippen LogP contribution in [0.3, 0.4) is 0 Å². The molecular weight excluding hydrogens is 254 g/mol. The van der Waals surface area contributed by atoms with Crippen LogP contribution in [0.15, 0.2) is 23.1 Å². The molecule has 0 aliphatic carbocycles. The zero-order chi connectivity index (χ0) is 12.1. The summed E-state index contributed by atoms with van der Waals surface area (Å²) < 4.78 is 0. The second-order valence-corrected chi connectivity index (χ2v) is 4.28. The Morgan fingerprint density at radius 3 is 2.89 bits per heavy atom. The number of amides is 1. The average Bonchev–Trinajstić information content (AvgIpc) is 2.83. The molecule has 1 aromatic heterocycles. The van der Waals surface area contributed by atoms with E-state index in [-0.39, 0.29) is 23.9 Å². The average molecular weight is 272 g/mol. The molecule has 5 nitrogen and oxygen atoms in total. The number of hydrogen-bond donors (Lipinski definition) is 3. The molecule has 6 heteroatoms. The van der Waals surface area contributed by atoms with E-state index in [2.05, 4.69) is 15.6 Å². The fourth-order valence-electron chi connectivity index (χ4n) is 2.02. The highest BCUT2D eigenvalue weighted by molar-refractivity contribution is 5.93. The topological polar surface area (TPSA) is 74.0 Å². The molecule has 0 bridgehead atoms. The number of carbonyl (C=O) groups excluding carboxylic acids is 1. The van der Waals surface area contributed by atoms with Crippen LogP contribution in [0.4, 0.5) is 0 Å². The van der Waals surface area contributed by atoms with E-state index in [0.29, 0.717) is 18.2 Å². The summed E-state index contributed by atoms with van der Waals surface area (Å²) in [5.41, 5.74) is 0.292. The minimum absolute atomic E-state index is 0. The Hall–Kier alpha value is -1.33. The first-order chi connectivity index (χ1) is 8.25. The lowest BCUT2D eigenvalue weighted by Gasteiger charge is -2.10. The van der Waals surface area contributed by atoms with Crippen LogP contribution in [0.25, 0.3) is 0 Å². The standard InChI is InChI=1S/C12H17N3O2.ClH/c16-11-4-3-9(8-15-11)12(17)14-7-5-10-2-1-6-13-10;/h3-4,8,10,13H,1-2,5-7H2,(H,14,17)(H,15,16);1H/t10-;/m1./s1.